The van der Waals surface area contributed by atoms with E-state index < -0.39 is 0 Å². The van der Waals surface area contributed by atoms with Crippen molar-refractivity contribution in [1.82, 2.24) is 10.2 Å². The van der Waals surface area contributed by atoms with Crippen molar-refractivity contribution < 1.29 is 14.7 Å². The molecule has 2 amide bonds. The Balaban J connectivity index is 2.32. The van der Waals surface area contributed by atoms with Gasteiger partial charge in [-0.1, -0.05) is 12.1 Å². The summed E-state index contributed by atoms with van der Waals surface area (Å²) in [7, 11) is 3.35. The summed E-state index contributed by atoms with van der Waals surface area (Å²) in [6.45, 7) is 0.328. The lowest BCUT2D eigenvalue weighted by molar-refractivity contribution is -0.128. The Morgan fingerprint density at radius 1 is 1.33 bits per heavy atom. The molecule has 0 aliphatic rings. The summed E-state index contributed by atoms with van der Waals surface area (Å²) in [6, 6.07) is 6.56. The molecule has 2 N–H and O–H groups in total. The van der Waals surface area contributed by atoms with Gasteiger partial charge in [0, 0.05) is 27.1 Å². The van der Waals surface area contributed by atoms with Gasteiger partial charge in [0.15, 0.2) is 0 Å². The van der Waals surface area contributed by atoms with Crippen LogP contribution in [0.1, 0.15) is 12.0 Å². The van der Waals surface area contributed by atoms with Gasteiger partial charge in [0.05, 0.1) is 6.42 Å². The lowest BCUT2D eigenvalue weighted by Gasteiger charge is -2.10. The minimum Gasteiger partial charge on any atom is -0.508 e. The van der Waals surface area contributed by atoms with Crippen LogP contribution in [0.5, 0.6) is 5.75 Å². The number of carbonyl (C=O) groups excluding carboxylic acids is 2. The van der Waals surface area contributed by atoms with Crippen molar-refractivity contribution in [2.75, 3.05) is 20.6 Å². The van der Waals surface area contributed by atoms with Gasteiger partial charge < -0.3 is 15.3 Å². The van der Waals surface area contributed by atoms with Crippen LogP contribution in [-0.4, -0.2) is 42.5 Å². The zero-order chi connectivity index (χ0) is 13.5. The van der Waals surface area contributed by atoms with Crippen LogP contribution in [0.15, 0.2) is 24.3 Å². The normalized spacial score (nSPS) is 9.89. The number of amides is 2. The van der Waals surface area contributed by atoms with Crippen LogP contribution in [-0.2, 0) is 16.0 Å². The molecule has 5 nitrogen and oxygen atoms in total. The molecular weight excluding hydrogens is 232 g/mol. The number of phenolic OH excluding ortho intramolecular Hbond substituents is 1. The standard InChI is InChI=1S/C13H18N2O3/c1-15(2)13(18)6-7-14-12(17)9-10-4-3-5-11(16)8-10/h3-5,8,16H,6-7,9H2,1-2H3,(H,14,17). The number of phenols is 1. The number of hydrogen-bond donors (Lipinski definition) is 2. The zero-order valence-corrected chi connectivity index (χ0v) is 10.6. The molecule has 0 aromatic heterocycles. The minimum atomic E-state index is -0.160. The number of nitrogens with one attached hydrogen (secondary N) is 1. The predicted octanol–water partition coefficient (Wildman–Crippen LogP) is 0.529. The Morgan fingerprint density at radius 2 is 2.06 bits per heavy atom. The first-order valence-electron chi connectivity index (χ1n) is 5.74. The molecule has 1 aromatic rings. The SMILES string of the molecule is CN(C)C(=O)CCNC(=O)Cc1cccc(O)c1. The molecule has 0 unspecified atom stereocenters. The molecule has 0 spiro atoms. The molecule has 0 bridgehead atoms. The first kappa shape index (κ1) is 14.0. The van der Waals surface area contributed by atoms with Crippen molar-refractivity contribution in [3.8, 4) is 5.75 Å². The maximum atomic E-state index is 11.6. The third kappa shape index (κ3) is 4.86. The highest BCUT2D eigenvalue weighted by molar-refractivity contribution is 5.80. The summed E-state index contributed by atoms with van der Waals surface area (Å²) in [4.78, 5) is 24.3. The van der Waals surface area contributed by atoms with E-state index in [9.17, 15) is 14.7 Å². The number of nitrogens with zero attached hydrogens (tertiary/aromatic N) is 1. The molecule has 5 heteroatoms. The monoisotopic (exact) mass is 250 g/mol. The molecule has 0 heterocycles. The third-order valence-corrected chi connectivity index (χ3v) is 2.44. The Morgan fingerprint density at radius 3 is 2.67 bits per heavy atom. The lowest BCUT2D eigenvalue weighted by atomic mass is 10.1. The number of benzene rings is 1. The van der Waals surface area contributed by atoms with Crippen molar-refractivity contribution in [2.45, 2.75) is 12.8 Å². The molecule has 1 aromatic carbocycles. The minimum absolute atomic E-state index is 0.0207. The molecule has 0 aliphatic carbocycles. The fourth-order valence-electron chi connectivity index (χ4n) is 1.45. The van der Waals surface area contributed by atoms with Gasteiger partial charge in [-0.2, -0.15) is 0 Å². The number of hydrogen-bond acceptors (Lipinski definition) is 3. The summed E-state index contributed by atoms with van der Waals surface area (Å²) in [5.41, 5.74) is 0.742. The van der Waals surface area contributed by atoms with Crippen LogP contribution in [0.2, 0.25) is 0 Å². The summed E-state index contributed by atoms with van der Waals surface area (Å²) in [5, 5.41) is 11.9. The van der Waals surface area contributed by atoms with E-state index in [0.717, 1.165) is 5.56 Å². The summed E-state index contributed by atoms with van der Waals surface area (Å²) in [6.07, 6.45) is 0.489. The van der Waals surface area contributed by atoms with Gasteiger partial charge in [-0.25, -0.2) is 0 Å². The molecule has 1 rings (SSSR count). The molecule has 0 fully saturated rings. The second kappa shape index (κ2) is 6.64. The fraction of sp³-hybridized carbons (Fsp3) is 0.385. The molecule has 0 radical (unpaired) electrons. The van der Waals surface area contributed by atoms with Crippen LogP contribution >= 0.6 is 0 Å². The van der Waals surface area contributed by atoms with Crippen LogP contribution in [0.3, 0.4) is 0 Å². The molecule has 0 atom stereocenters. The Labute approximate surface area is 106 Å². The van der Waals surface area contributed by atoms with E-state index >= 15 is 0 Å². The van der Waals surface area contributed by atoms with Gasteiger partial charge in [-0.3, -0.25) is 9.59 Å². The highest BCUT2D eigenvalue weighted by Gasteiger charge is 2.06. The number of rotatable bonds is 5. The van der Waals surface area contributed by atoms with E-state index in [2.05, 4.69) is 5.32 Å². The van der Waals surface area contributed by atoms with Crippen LogP contribution in [0.4, 0.5) is 0 Å². The van der Waals surface area contributed by atoms with Crippen LogP contribution in [0.25, 0.3) is 0 Å². The second-order valence-electron chi connectivity index (χ2n) is 4.23. The summed E-state index contributed by atoms with van der Waals surface area (Å²) >= 11 is 0. The third-order valence-electron chi connectivity index (χ3n) is 2.44. The molecule has 0 aliphatic heterocycles. The van der Waals surface area contributed by atoms with E-state index in [1.807, 2.05) is 0 Å². The lowest BCUT2D eigenvalue weighted by Crippen LogP contribution is -2.31. The van der Waals surface area contributed by atoms with Gasteiger partial charge >= 0.3 is 0 Å². The Hall–Kier alpha value is -2.04. The van der Waals surface area contributed by atoms with E-state index in [1.54, 1.807) is 38.4 Å². The van der Waals surface area contributed by atoms with E-state index in [-0.39, 0.29) is 24.0 Å². The van der Waals surface area contributed by atoms with Gasteiger partial charge in [-0.05, 0) is 17.7 Å². The van der Waals surface area contributed by atoms with Crippen LogP contribution < -0.4 is 5.32 Å². The molecular formula is C13H18N2O3. The van der Waals surface area contributed by atoms with E-state index in [0.29, 0.717) is 13.0 Å². The van der Waals surface area contributed by atoms with E-state index in [1.165, 1.54) is 4.90 Å². The molecule has 0 saturated carbocycles. The maximum absolute atomic E-state index is 11.6. The van der Waals surface area contributed by atoms with Crippen molar-refractivity contribution in [3.05, 3.63) is 29.8 Å². The summed E-state index contributed by atoms with van der Waals surface area (Å²) in [5.74, 6) is -0.0390. The highest BCUT2D eigenvalue weighted by atomic mass is 16.3. The predicted molar refractivity (Wildman–Crippen MR) is 68.1 cm³/mol. The van der Waals surface area contributed by atoms with Crippen molar-refractivity contribution >= 4 is 11.8 Å². The molecule has 18 heavy (non-hydrogen) atoms. The zero-order valence-electron chi connectivity index (χ0n) is 10.6. The second-order valence-corrected chi connectivity index (χ2v) is 4.23. The molecule has 0 saturated heterocycles. The topological polar surface area (TPSA) is 69.6 Å². The highest BCUT2D eigenvalue weighted by Crippen LogP contribution is 2.11. The van der Waals surface area contributed by atoms with Gasteiger partial charge in [0.1, 0.15) is 5.75 Å². The smallest absolute Gasteiger partial charge is 0.224 e. The quantitative estimate of drug-likeness (QED) is 0.801. The van der Waals surface area contributed by atoms with E-state index in [4.69, 9.17) is 0 Å². The van der Waals surface area contributed by atoms with Crippen molar-refractivity contribution in [3.63, 3.8) is 0 Å². The Kier molecular flexibility index (Phi) is 5.17. The molecule has 98 valence electrons. The number of carbonyl (C=O) groups is 2. The Bertz CT molecular complexity index is 430. The van der Waals surface area contributed by atoms with Crippen molar-refractivity contribution in [2.24, 2.45) is 0 Å². The maximum Gasteiger partial charge on any atom is 0.224 e. The van der Waals surface area contributed by atoms with Crippen LogP contribution in [0, 0.1) is 0 Å². The first-order valence-corrected chi connectivity index (χ1v) is 5.74. The average molecular weight is 250 g/mol. The fourth-order valence-corrected chi connectivity index (χ4v) is 1.45. The van der Waals surface area contributed by atoms with Gasteiger partial charge in [0.2, 0.25) is 11.8 Å². The number of aromatic hydroxyl groups is 1. The first-order chi connectivity index (χ1) is 8.49. The van der Waals surface area contributed by atoms with Gasteiger partial charge in [-0.15, -0.1) is 0 Å². The summed E-state index contributed by atoms with van der Waals surface area (Å²) < 4.78 is 0. The largest absolute Gasteiger partial charge is 0.508 e. The van der Waals surface area contributed by atoms with Crippen molar-refractivity contribution in [1.29, 1.82) is 0 Å². The van der Waals surface area contributed by atoms with Gasteiger partial charge in [0.25, 0.3) is 0 Å². The average Bonchev–Trinajstić information content (AvgIpc) is 2.28.